The van der Waals surface area contributed by atoms with Gasteiger partial charge >= 0.3 is 5.97 Å². The van der Waals surface area contributed by atoms with E-state index < -0.39 is 12.1 Å². The summed E-state index contributed by atoms with van der Waals surface area (Å²) >= 11 is 0. The summed E-state index contributed by atoms with van der Waals surface area (Å²) in [5, 5.41) is 11.4. The third kappa shape index (κ3) is 3.25. The third-order valence-electron chi connectivity index (χ3n) is 3.63. The van der Waals surface area contributed by atoms with Crippen molar-refractivity contribution >= 4 is 23.5 Å². The minimum atomic E-state index is -1.13. The molecule has 0 saturated carbocycles. The number of carbonyl (C=O) groups is 3. The van der Waals surface area contributed by atoms with Crippen LogP contribution in [0.3, 0.4) is 0 Å². The Morgan fingerprint density at radius 1 is 1.41 bits per heavy atom. The molecule has 22 heavy (non-hydrogen) atoms. The van der Waals surface area contributed by atoms with E-state index in [0.717, 1.165) is 11.3 Å². The number of fused-ring (bicyclic) bond motifs is 1. The topological polar surface area (TPSA) is 95.9 Å². The maximum atomic E-state index is 12.1. The van der Waals surface area contributed by atoms with E-state index in [1.54, 1.807) is 23.1 Å². The molecule has 0 aromatic heterocycles. The van der Waals surface area contributed by atoms with Crippen LogP contribution < -0.4 is 10.2 Å². The lowest BCUT2D eigenvalue weighted by Gasteiger charge is -2.15. The number of carboxylic acid groups (broad SMARTS) is 1. The number of hydrogen-bond donors (Lipinski definition) is 2. The zero-order valence-corrected chi connectivity index (χ0v) is 12.5. The van der Waals surface area contributed by atoms with Crippen molar-refractivity contribution in [2.45, 2.75) is 19.4 Å². The van der Waals surface area contributed by atoms with E-state index in [-0.39, 0.29) is 18.4 Å². The molecule has 0 bridgehead atoms. The molecule has 1 atom stereocenters. The van der Waals surface area contributed by atoms with E-state index in [4.69, 9.17) is 9.84 Å². The monoisotopic (exact) mass is 306 g/mol. The van der Waals surface area contributed by atoms with Crippen molar-refractivity contribution in [3.05, 3.63) is 29.3 Å². The number of nitrogens with zero attached hydrogens (tertiary/aromatic N) is 1. The minimum Gasteiger partial charge on any atom is -0.479 e. The number of amides is 2. The first-order valence-corrected chi connectivity index (χ1v) is 6.89. The van der Waals surface area contributed by atoms with Crippen LogP contribution in [0.4, 0.5) is 5.69 Å². The molecule has 0 spiro atoms. The summed E-state index contributed by atoms with van der Waals surface area (Å²) in [4.78, 5) is 36.0. The van der Waals surface area contributed by atoms with Crippen molar-refractivity contribution in [2.75, 3.05) is 25.1 Å². The number of ether oxygens (including phenoxy) is 1. The molecule has 1 aromatic carbocycles. The number of methoxy groups -OCH3 is 1. The van der Waals surface area contributed by atoms with Gasteiger partial charge in [0, 0.05) is 31.8 Å². The highest BCUT2D eigenvalue weighted by Gasteiger charge is 2.23. The van der Waals surface area contributed by atoms with Gasteiger partial charge in [-0.2, -0.15) is 0 Å². The number of nitrogens with one attached hydrogen (secondary N) is 1. The molecule has 0 fully saturated rings. The van der Waals surface area contributed by atoms with E-state index in [9.17, 15) is 14.4 Å². The molecule has 1 heterocycles. The Morgan fingerprint density at radius 2 is 2.14 bits per heavy atom. The second kappa shape index (κ2) is 6.57. The minimum absolute atomic E-state index is 0.0275. The van der Waals surface area contributed by atoms with Crippen LogP contribution in [0, 0.1) is 0 Å². The lowest BCUT2D eigenvalue weighted by Crippen LogP contribution is -2.37. The Labute approximate surface area is 127 Å². The van der Waals surface area contributed by atoms with E-state index in [0.29, 0.717) is 18.5 Å². The number of hydrogen-bond acceptors (Lipinski definition) is 4. The van der Waals surface area contributed by atoms with Crippen molar-refractivity contribution in [1.82, 2.24) is 5.32 Å². The van der Waals surface area contributed by atoms with Gasteiger partial charge in [-0.05, 0) is 30.2 Å². The second-order valence-electron chi connectivity index (χ2n) is 5.04. The van der Waals surface area contributed by atoms with Crippen LogP contribution in [0.1, 0.15) is 22.8 Å². The Hall–Kier alpha value is -2.41. The molecular weight excluding hydrogens is 288 g/mol. The average Bonchev–Trinajstić information content (AvgIpc) is 2.90. The molecule has 1 aliphatic heterocycles. The first-order valence-electron chi connectivity index (χ1n) is 6.89. The third-order valence-corrected chi connectivity index (χ3v) is 3.63. The fourth-order valence-corrected chi connectivity index (χ4v) is 2.43. The van der Waals surface area contributed by atoms with Crippen LogP contribution in [0.2, 0.25) is 0 Å². The molecule has 7 nitrogen and oxygen atoms in total. The molecule has 1 aliphatic rings. The lowest BCUT2D eigenvalue weighted by atomic mass is 10.1. The Morgan fingerprint density at radius 3 is 2.73 bits per heavy atom. The smallest absolute Gasteiger partial charge is 0.334 e. The lowest BCUT2D eigenvalue weighted by molar-refractivity contribution is -0.148. The van der Waals surface area contributed by atoms with Gasteiger partial charge in [-0.3, -0.25) is 9.59 Å². The summed E-state index contributed by atoms with van der Waals surface area (Å²) in [6, 6.07) is 5.10. The van der Waals surface area contributed by atoms with Gasteiger partial charge in [0.15, 0.2) is 6.10 Å². The van der Waals surface area contributed by atoms with Crippen LogP contribution in [-0.4, -0.2) is 49.2 Å². The molecule has 2 rings (SSSR count). The van der Waals surface area contributed by atoms with Crippen LogP contribution in [0.25, 0.3) is 0 Å². The Kier molecular flexibility index (Phi) is 4.77. The summed E-state index contributed by atoms with van der Waals surface area (Å²) in [5.41, 5.74) is 2.19. The van der Waals surface area contributed by atoms with Crippen molar-refractivity contribution in [3.8, 4) is 0 Å². The number of carbonyl (C=O) groups excluding carboxylic acids is 2. The van der Waals surface area contributed by atoms with Crippen LogP contribution in [0.15, 0.2) is 18.2 Å². The maximum Gasteiger partial charge on any atom is 0.334 e. The van der Waals surface area contributed by atoms with Crippen LogP contribution in [0.5, 0.6) is 0 Å². The highest BCUT2D eigenvalue weighted by atomic mass is 16.5. The van der Waals surface area contributed by atoms with Gasteiger partial charge in [0.2, 0.25) is 5.91 Å². The van der Waals surface area contributed by atoms with Crippen molar-refractivity contribution in [3.63, 3.8) is 0 Å². The summed E-state index contributed by atoms with van der Waals surface area (Å²) in [6.07, 6.45) is -0.377. The molecule has 118 valence electrons. The Bertz CT molecular complexity index is 614. The van der Waals surface area contributed by atoms with Gasteiger partial charge < -0.3 is 20.1 Å². The van der Waals surface area contributed by atoms with Gasteiger partial charge in [0.25, 0.3) is 5.91 Å². The largest absolute Gasteiger partial charge is 0.479 e. The van der Waals surface area contributed by atoms with E-state index >= 15 is 0 Å². The molecule has 1 aromatic rings. The molecule has 7 heteroatoms. The van der Waals surface area contributed by atoms with E-state index in [2.05, 4.69) is 5.32 Å². The summed E-state index contributed by atoms with van der Waals surface area (Å²) < 4.78 is 4.75. The second-order valence-corrected chi connectivity index (χ2v) is 5.04. The van der Waals surface area contributed by atoms with Crippen LogP contribution >= 0.6 is 0 Å². The first kappa shape index (κ1) is 16.0. The van der Waals surface area contributed by atoms with E-state index in [1.807, 2.05) is 0 Å². The zero-order chi connectivity index (χ0) is 16.3. The maximum absolute atomic E-state index is 12.1. The van der Waals surface area contributed by atoms with Crippen LogP contribution in [-0.2, 0) is 20.7 Å². The highest BCUT2D eigenvalue weighted by molar-refractivity contribution is 5.98. The van der Waals surface area contributed by atoms with Crippen molar-refractivity contribution in [1.29, 1.82) is 0 Å². The molecule has 0 aliphatic carbocycles. The normalized spacial score (nSPS) is 14.4. The SMILES string of the molecule is COC(CNC(=O)c1ccc2c(c1)CCN2C(C)=O)C(=O)O. The predicted molar refractivity (Wildman–Crippen MR) is 78.9 cm³/mol. The molecule has 2 N–H and O–H groups in total. The first-order chi connectivity index (χ1) is 10.4. The zero-order valence-electron chi connectivity index (χ0n) is 12.5. The number of aliphatic carboxylic acids is 1. The fourth-order valence-electron chi connectivity index (χ4n) is 2.43. The quantitative estimate of drug-likeness (QED) is 0.822. The number of carboxylic acids is 1. The molecule has 0 radical (unpaired) electrons. The number of anilines is 1. The number of benzene rings is 1. The van der Waals surface area contributed by atoms with Crippen molar-refractivity contribution < 1.29 is 24.2 Å². The average molecular weight is 306 g/mol. The van der Waals surface area contributed by atoms with Gasteiger partial charge in [-0.1, -0.05) is 0 Å². The molecule has 2 amide bonds. The van der Waals surface area contributed by atoms with E-state index in [1.165, 1.54) is 14.0 Å². The van der Waals surface area contributed by atoms with Gasteiger partial charge in [-0.15, -0.1) is 0 Å². The Balaban J connectivity index is 2.06. The fraction of sp³-hybridized carbons (Fsp3) is 0.400. The van der Waals surface area contributed by atoms with Gasteiger partial charge in [-0.25, -0.2) is 4.79 Å². The highest BCUT2D eigenvalue weighted by Crippen LogP contribution is 2.28. The summed E-state index contributed by atoms with van der Waals surface area (Å²) in [5.74, 6) is -1.53. The molecule has 0 saturated heterocycles. The van der Waals surface area contributed by atoms with Crippen molar-refractivity contribution in [2.24, 2.45) is 0 Å². The summed E-state index contributed by atoms with van der Waals surface area (Å²) in [6.45, 7) is 2.01. The predicted octanol–water partition coefficient (Wildman–Crippen LogP) is 0.425. The van der Waals surface area contributed by atoms with Gasteiger partial charge in [0.1, 0.15) is 0 Å². The molecular formula is C15H18N2O5. The standard InChI is InChI=1S/C15H18N2O5/c1-9(18)17-6-5-10-7-11(3-4-12(10)17)14(19)16-8-13(22-2)15(20)21/h3-4,7,13H,5-6,8H2,1-2H3,(H,16,19)(H,20,21). The molecule has 1 unspecified atom stereocenters. The summed E-state index contributed by atoms with van der Waals surface area (Å²) in [7, 11) is 1.27. The number of rotatable bonds is 5. The van der Waals surface area contributed by atoms with Gasteiger partial charge in [0.05, 0.1) is 6.54 Å².